The highest BCUT2D eigenvalue weighted by Gasteiger charge is 2.45. The second-order valence-electron chi connectivity index (χ2n) is 5.57. The maximum Gasteiger partial charge on any atom is 0.329 e. The number of nitrogens with zero attached hydrogens (tertiary/aromatic N) is 1. The predicted molar refractivity (Wildman–Crippen MR) is 71.9 cm³/mol. The van der Waals surface area contributed by atoms with Crippen molar-refractivity contribution in [3.63, 3.8) is 0 Å². The first kappa shape index (κ1) is 13.9. The fraction of sp³-hybridized carbons (Fsp3) is 0.714. The van der Waals surface area contributed by atoms with Gasteiger partial charge in [0.1, 0.15) is 5.54 Å². The lowest BCUT2D eigenvalue weighted by Crippen LogP contribution is -2.54. The lowest BCUT2D eigenvalue weighted by molar-refractivity contribution is -0.147. The fourth-order valence-corrected chi connectivity index (χ4v) is 2.90. The maximum atomic E-state index is 12.1. The van der Waals surface area contributed by atoms with Crippen LogP contribution in [-0.2, 0) is 4.79 Å². The molecule has 1 saturated heterocycles. The summed E-state index contributed by atoms with van der Waals surface area (Å²) in [7, 11) is 0. The molecule has 2 rings (SSSR count). The number of allylic oxidation sites excluding steroid dienone is 1. The number of carboxylic acid groups (broad SMARTS) is 1. The Morgan fingerprint density at radius 2 is 2.26 bits per heavy atom. The molecule has 0 bridgehead atoms. The number of nitrogens with one attached hydrogen (secondary N) is 1. The van der Waals surface area contributed by atoms with E-state index in [0.717, 1.165) is 25.7 Å². The molecule has 2 amide bonds. The third-order valence-electron chi connectivity index (χ3n) is 4.20. The Morgan fingerprint density at radius 3 is 2.89 bits per heavy atom. The molecule has 1 aliphatic carbocycles. The van der Waals surface area contributed by atoms with Crippen LogP contribution in [0.2, 0.25) is 0 Å². The molecule has 19 heavy (non-hydrogen) atoms. The zero-order chi connectivity index (χ0) is 13.9. The standard InChI is InChI=1S/C14H22N2O3/c1-14(12(17)18)8-4-10-16(14)13(19)15-9-7-11-5-2-3-6-11/h5H,2-4,6-10H2,1H3,(H,15,19)(H,17,18). The highest BCUT2D eigenvalue weighted by Crippen LogP contribution is 2.29. The zero-order valence-electron chi connectivity index (χ0n) is 11.4. The Balaban J connectivity index is 1.83. The van der Waals surface area contributed by atoms with E-state index in [2.05, 4.69) is 11.4 Å². The van der Waals surface area contributed by atoms with Crippen LogP contribution in [0, 0.1) is 0 Å². The number of carbonyl (C=O) groups is 2. The van der Waals surface area contributed by atoms with Gasteiger partial charge in [-0.25, -0.2) is 9.59 Å². The van der Waals surface area contributed by atoms with E-state index in [1.807, 2.05) is 0 Å². The minimum Gasteiger partial charge on any atom is -0.480 e. The largest absolute Gasteiger partial charge is 0.480 e. The van der Waals surface area contributed by atoms with Crippen molar-refractivity contribution in [3.05, 3.63) is 11.6 Å². The number of likely N-dealkylation sites (tertiary alicyclic amines) is 1. The Hall–Kier alpha value is -1.52. The van der Waals surface area contributed by atoms with Crippen molar-refractivity contribution in [2.45, 2.75) is 51.0 Å². The third-order valence-corrected chi connectivity index (χ3v) is 4.20. The summed E-state index contributed by atoms with van der Waals surface area (Å²) in [4.78, 5) is 24.8. The van der Waals surface area contributed by atoms with Gasteiger partial charge in [0, 0.05) is 13.1 Å². The molecule has 5 nitrogen and oxygen atoms in total. The Labute approximate surface area is 113 Å². The van der Waals surface area contributed by atoms with Crippen LogP contribution >= 0.6 is 0 Å². The summed E-state index contributed by atoms with van der Waals surface area (Å²) < 4.78 is 0. The molecule has 1 atom stereocenters. The third kappa shape index (κ3) is 2.91. The first-order valence-electron chi connectivity index (χ1n) is 7.01. The van der Waals surface area contributed by atoms with Crippen LogP contribution in [0.5, 0.6) is 0 Å². The van der Waals surface area contributed by atoms with E-state index in [1.54, 1.807) is 6.92 Å². The summed E-state index contributed by atoms with van der Waals surface area (Å²) in [5, 5.41) is 12.1. The zero-order valence-corrected chi connectivity index (χ0v) is 11.4. The molecule has 5 heteroatoms. The van der Waals surface area contributed by atoms with E-state index < -0.39 is 11.5 Å². The molecule has 0 saturated carbocycles. The number of carboxylic acids is 1. The topological polar surface area (TPSA) is 69.6 Å². The summed E-state index contributed by atoms with van der Waals surface area (Å²) in [6.07, 6.45) is 7.89. The van der Waals surface area contributed by atoms with Gasteiger partial charge in [0.05, 0.1) is 0 Å². The number of amides is 2. The quantitative estimate of drug-likeness (QED) is 0.766. The summed E-state index contributed by atoms with van der Waals surface area (Å²) in [6, 6.07) is -0.249. The van der Waals surface area contributed by atoms with Crippen LogP contribution in [0.1, 0.15) is 45.4 Å². The highest BCUT2D eigenvalue weighted by atomic mass is 16.4. The molecule has 1 aliphatic heterocycles. The van der Waals surface area contributed by atoms with Gasteiger partial charge in [-0.15, -0.1) is 0 Å². The molecule has 2 aliphatic rings. The van der Waals surface area contributed by atoms with Gasteiger partial charge in [-0.3, -0.25) is 0 Å². The van der Waals surface area contributed by atoms with Crippen LogP contribution in [-0.4, -0.2) is 40.6 Å². The van der Waals surface area contributed by atoms with E-state index in [0.29, 0.717) is 19.5 Å². The molecule has 1 fully saturated rings. The van der Waals surface area contributed by atoms with Gasteiger partial charge in [0.25, 0.3) is 0 Å². The molecule has 106 valence electrons. The molecule has 2 N–H and O–H groups in total. The molecule has 0 radical (unpaired) electrons. The Morgan fingerprint density at radius 1 is 1.47 bits per heavy atom. The maximum absolute atomic E-state index is 12.1. The number of hydrogen-bond acceptors (Lipinski definition) is 2. The molecule has 0 aromatic carbocycles. The first-order chi connectivity index (χ1) is 9.04. The minimum absolute atomic E-state index is 0.249. The Bertz CT molecular complexity index is 405. The number of hydrogen-bond donors (Lipinski definition) is 2. The first-order valence-corrected chi connectivity index (χ1v) is 7.01. The van der Waals surface area contributed by atoms with Gasteiger partial charge in [-0.2, -0.15) is 0 Å². The van der Waals surface area contributed by atoms with Crippen molar-refractivity contribution in [3.8, 4) is 0 Å². The van der Waals surface area contributed by atoms with Gasteiger partial charge in [0.15, 0.2) is 0 Å². The van der Waals surface area contributed by atoms with Crippen molar-refractivity contribution >= 4 is 12.0 Å². The van der Waals surface area contributed by atoms with E-state index in [-0.39, 0.29) is 6.03 Å². The number of carbonyl (C=O) groups excluding carboxylic acids is 1. The van der Waals surface area contributed by atoms with Gasteiger partial charge in [-0.1, -0.05) is 11.6 Å². The second kappa shape index (κ2) is 5.63. The monoisotopic (exact) mass is 266 g/mol. The van der Waals surface area contributed by atoms with Crippen LogP contribution in [0.25, 0.3) is 0 Å². The highest BCUT2D eigenvalue weighted by molar-refractivity contribution is 5.86. The average Bonchev–Trinajstić information content (AvgIpc) is 2.99. The molecule has 1 heterocycles. The number of rotatable bonds is 4. The van der Waals surface area contributed by atoms with Crippen molar-refractivity contribution < 1.29 is 14.7 Å². The molecular formula is C14H22N2O3. The molecule has 0 spiro atoms. The summed E-state index contributed by atoms with van der Waals surface area (Å²) in [6.45, 7) is 2.75. The average molecular weight is 266 g/mol. The van der Waals surface area contributed by atoms with E-state index in [1.165, 1.54) is 16.9 Å². The summed E-state index contributed by atoms with van der Waals surface area (Å²) >= 11 is 0. The van der Waals surface area contributed by atoms with Crippen LogP contribution in [0.4, 0.5) is 4.79 Å². The molecular weight excluding hydrogens is 244 g/mol. The fourth-order valence-electron chi connectivity index (χ4n) is 2.90. The van der Waals surface area contributed by atoms with Crippen LogP contribution in [0.15, 0.2) is 11.6 Å². The van der Waals surface area contributed by atoms with E-state index in [9.17, 15) is 14.7 Å². The van der Waals surface area contributed by atoms with E-state index >= 15 is 0 Å². The smallest absolute Gasteiger partial charge is 0.329 e. The van der Waals surface area contributed by atoms with Crippen molar-refractivity contribution in [1.29, 1.82) is 0 Å². The molecule has 0 aromatic rings. The van der Waals surface area contributed by atoms with Crippen molar-refractivity contribution in [2.75, 3.05) is 13.1 Å². The second-order valence-corrected chi connectivity index (χ2v) is 5.57. The molecule has 1 unspecified atom stereocenters. The predicted octanol–water partition coefficient (Wildman–Crippen LogP) is 2.14. The summed E-state index contributed by atoms with van der Waals surface area (Å²) in [5.74, 6) is -0.918. The van der Waals surface area contributed by atoms with Crippen molar-refractivity contribution in [2.24, 2.45) is 0 Å². The normalized spacial score (nSPS) is 26.4. The van der Waals surface area contributed by atoms with Crippen LogP contribution < -0.4 is 5.32 Å². The SMILES string of the molecule is CC1(C(=O)O)CCCN1C(=O)NCCC1=CCCC1. The van der Waals surface area contributed by atoms with Crippen LogP contribution in [0.3, 0.4) is 0 Å². The summed E-state index contributed by atoms with van der Waals surface area (Å²) in [5.41, 5.74) is 0.360. The van der Waals surface area contributed by atoms with Gasteiger partial charge < -0.3 is 15.3 Å². The number of urea groups is 1. The minimum atomic E-state index is -1.04. The lowest BCUT2D eigenvalue weighted by atomic mass is 10.00. The van der Waals surface area contributed by atoms with Crippen molar-refractivity contribution in [1.82, 2.24) is 10.2 Å². The van der Waals surface area contributed by atoms with E-state index in [4.69, 9.17) is 0 Å². The van der Waals surface area contributed by atoms with Gasteiger partial charge in [-0.05, 0) is 45.4 Å². The molecule has 0 aromatic heterocycles. The van der Waals surface area contributed by atoms with Gasteiger partial charge in [0.2, 0.25) is 0 Å². The lowest BCUT2D eigenvalue weighted by Gasteiger charge is -2.31. The van der Waals surface area contributed by atoms with Gasteiger partial charge >= 0.3 is 12.0 Å². The Kier molecular flexibility index (Phi) is 4.12. The number of aliphatic carboxylic acids is 1.